The van der Waals surface area contributed by atoms with Crippen LogP contribution in [0.4, 0.5) is 0 Å². The van der Waals surface area contributed by atoms with Gasteiger partial charge < -0.3 is 9.64 Å². The third-order valence-corrected chi connectivity index (χ3v) is 3.88. The van der Waals surface area contributed by atoms with Gasteiger partial charge in [-0.2, -0.15) is 0 Å². The Balaban J connectivity index is 1.87. The maximum Gasteiger partial charge on any atom is 0.227 e. The highest BCUT2D eigenvalue weighted by Gasteiger charge is 2.22. The van der Waals surface area contributed by atoms with Crippen molar-refractivity contribution in [2.45, 2.75) is 20.3 Å². The van der Waals surface area contributed by atoms with Gasteiger partial charge in [-0.25, -0.2) is 0 Å². The Morgan fingerprint density at radius 1 is 1.19 bits per heavy atom. The number of rotatable bonds is 5. The van der Waals surface area contributed by atoms with Gasteiger partial charge in [-0.1, -0.05) is 32.0 Å². The van der Waals surface area contributed by atoms with Crippen LogP contribution in [0.5, 0.6) is 5.75 Å². The van der Waals surface area contributed by atoms with Crippen molar-refractivity contribution in [3.8, 4) is 5.75 Å². The second-order valence-electron chi connectivity index (χ2n) is 6.06. The molecule has 0 atom stereocenters. The van der Waals surface area contributed by atoms with E-state index in [0.29, 0.717) is 12.3 Å². The van der Waals surface area contributed by atoms with Gasteiger partial charge in [0.1, 0.15) is 5.75 Å². The summed E-state index contributed by atoms with van der Waals surface area (Å²) in [6.45, 7) is 9.22. The molecule has 0 aliphatic carbocycles. The smallest absolute Gasteiger partial charge is 0.227 e. The zero-order valence-electron chi connectivity index (χ0n) is 13.3. The highest BCUT2D eigenvalue weighted by molar-refractivity contribution is 5.79. The molecule has 116 valence electrons. The van der Waals surface area contributed by atoms with Gasteiger partial charge >= 0.3 is 0 Å². The third kappa shape index (κ3) is 4.46. The Morgan fingerprint density at radius 2 is 1.86 bits per heavy atom. The molecule has 1 aromatic carbocycles. The van der Waals surface area contributed by atoms with E-state index in [1.165, 1.54) is 0 Å². The lowest BCUT2D eigenvalue weighted by atomic mass is 10.1. The molecule has 4 nitrogen and oxygen atoms in total. The molecule has 0 bridgehead atoms. The van der Waals surface area contributed by atoms with E-state index in [-0.39, 0.29) is 5.91 Å². The molecule has 0 unspecified atom stereocenters. The molecule has 2 rings (SSSR count). The third-order valence-electron chi connectivity index (χ3n) is 3.88. The average molecular weight is 290 g/mol. The molecule has 1 heterocycles. The zero-order valence-corrected chi connectivity index (χ0v) is 13.3. The first-order chi connectivity index (χ1) is 10.1. The van der Waals surface area contributed by atoms with E-state index in [4.69, 9.17) is 4.74 Å². The van der Waals surface area contributed by atoms with Crippen LogP contribution in [0.3, 0.4) is 0 Å². The van der Waals surface area contributed by atoms with Gasteiger partial charge in [-0.05, 0) is 12.0 Å². The van der Waals surface area contributed by atoms with Crippen molar-refractivity contribution in [3.63, 3.8) is 0 Å². The summed E-state index contributed by atoms with van der Waals surface area (Å²) in [5.74, 6) is 1.67. The Labute approximate surface area is 127 Å². The Hall–Kier alpha value is -1.55. The molecule has 21 heavy (non-hydrogen) atoms. The van der Waals surface area contributed by atoms with Crippen molar-refractivity contribution in [2.24, 2.45) is 5.92 Å². The molecule has 4 heteroatoms. The van der Waals surface area contributed by atoms with Crippen molar-refractivity contribution in [3.05, 3.63) is 29.8 Å². The van der Waals surface area contributed by atoms with Gasteiger partial charge in [0.25, 0.3) is 0 Å². The fourth-order valence-corrected chi connectivity index (χ4v) is 2.82. The van der Waals surface area contributed by atoms with Crippen molar-refractivity contribution < 1.29 is 9.53 Å². The summed E-state index contributed by atoms with van der Waals surface area (Å²) in [4.78, 5) is 16.8. The summed E-state index contributed by atoms with van der Waals surface area (Å²) in [6, 6.07) is 7.75. The topological polar surface area (TPSA) is 32.8 Å². The van der Waals surface area contributed by atoms with Crippen LogP contribution in [0.1, 0.15) is 19.4 Å². The minimum Gasteiger partial charge on any atom is -0.496 e. The monoisotopic (exact) mass is 290 g/mol. The van der Waals surface area contributed by atoms with Crippen LogP contribution in [0.2, 0.25) is 0 Å². The SMILES string of the molecule is COc1ccccc1CC(=O)N1CCN(CC(C)C)CC1. The van der Waals surface area contributed by atoms with Crippen LogP contribution < -0.4 is 4.74 Å². The van der Waals surface area contributed by atoms with E-state index in [9.17, 15) is 4.79 Å². The quantitative estimate of drug-likeness (QED) is 0.832. The molecule has 1 saturated heterocycles. The number of nitrogens with zero attached hydrogens (tertiary/aromatic N) is 2. The predicted molar refractivity (Wildman–Crippen MR) is 84.6 cm³/mol. The average Bonchev–Trinajstić information content (AvgIpc) is 2.48. The number of benzene rings is 1. The second kappa shape index (κ2) is 7.46. The van der Waals surface area contributed by atoms with Crippen LogP contribution >= 0.6 is 0 Å². The molecule has 1 amide bonds. The van der Waals surface area contributed by atoms with E-state index < -0.39 is 0 Å². The summed E-state index contributed by atoms with van der Waals surface area (Å²) in [5, 5.41) is 0. The van der Waals surface area contributed by atoms with E-state index in [1.807, 2.05) is 29.2 Å². The first-order valence-electron chi connectivity index (χ1n) is 7.72. The second-order valence-corrected chi connectivity index (χ2v) is 6.06. The molecular weight excluding hydrogens is 264 g/mol. The number of para-hydroxylation sites is 1. The number of hydrogen-bond donors (Lipinski definition) is 0. The first kappa shape index (κ1) is 15.8. The maximum atomic E-state index is 12.4. The number of carbonyl (C=O) groups is 1. The molecule has 0 radical (unpaired) electrons. The standard InChI is InChI=1S/C17H26N2O2/c1-14(2)13-18-8-10-19(11-9-18)17(20)12-15-6-4-5-7-16(15)21-3/h4-7,14H,8-13H2,1-3H3. The summed E-state index contributed by atoms with van der Waals surface area (Å²) < 4.78 is 5.32. The molecular formula is C17H26N2O2. The molecule has 1 aliphatic rings. The lowest BCUT2D eigenvalue weighted by Crippen LogP contribution is -2.49. The molecule has 0 N–H and O–H groups in total. The Kier molecular flexibility index (Phi) is 5.62. The molecule has 1 aliphatic heterocycles. The Morgan fingerprint density at radius 3 is 2.48 bits per heavy atom. The minimum absolute atomic E-state index is 0.198. The summed E-state index contributed by atoms with van der Waals surface area (Å²) >= 11 is 0. The fraction of sp³-hybridized carbons (Fsp3) is 0.588. The van der Waals surface area contributed by atoms with Crippen LogP contribution in [-0.4, -0.2) is 55.5 Å². The van der Waals surface area contributed by atoms with Gasteiger partial charge in [0.05, 0.1) is 13.5 Å². The van der Waals surface area contributed by atoms with E-state index in [2.05, 4.69) is 18.7 Å². The molecule has 0 spiro atoms. The van der Waals surface area contributed by atoms with Crippen LogP contribution in [0.15, 0.2) is 24.3 Å². The largest absolute Gasteiger partial charge is 0.496 e. The molecule has 0 aromatic heterocycles. The summed E-state index contributed by atoms with van der Waals surface area (Å²) in [5.41, 5.74) is 0.967. The van der Waals surface area contributed by atoms with Crippen molar-refractivity contribution in [1.29, 1.82) is 0 Å². The molecule has 1 aromatic rings. The number of ether oxygens (including phenoxy) is 1. The van der Waals surface area contributed by atoms with Gasteiger partial charge in [0, 0.05) is 38.3 Å². The van der Waals surface area contributed by atoms with Crippen molar-refractivity contribution >= 4 is 5.91 Å². The zero-order chi connectivity index (χ0) is 15.2. The van der Waals surface area contributed by atoms with E-state index in [0.717, 1.165) is 44.0 Å². The highest BCUT2D eigenvalue weighted by atomic mass is 16.5. The van der Waals surface area contributed by atoms with Gasteiger partial charge in [0.2, 0.25) is 5.91 Å². The fourth-order valence-electron chi connectivity index (χ4n) is 2.82. The maximum absolute atomic E-state index is 12.4. The summed E-state index contributed by atoms with van der Waals surface area (Å²) in [6.07, 6.45) is 0.425. The van der Waals surface area contributed by atoms with Crippen molar-refractivity contribution in [2.75, 3.05) is 39.8 Å². The van der Waals surface area contributed by atoms with Gasteiger partial charge in [-0.3, -0.25) is 9.69 Å². The van der Waals surface area contributed by atoms with Crippen molar-refractivity contribution in [1.82, 2.24) is 9.80 Å². The minimum atomic E-state index is 0.198. The number of methoxy groups -OCH3 is 1. The van der Waals surface area contributed by atoms with Crippen LogP contribution in [0, 0.1) is 5.92 Å². The van der Waals surface area contributed by atoms with Crippen LogP contribution in [0.25, 0.3) is 0 Å². The van der Waals surface area contributed by atoms with Gasteiger partial charge in [0.15, 0.2) is 0 Å². The predicted octanol–water partition coefficient (Wildman–Crippen LogP) is 2.04. The Bertz CT molecular complexity index is 466. The normalized spacial score (nSPS) is 16.3. The number of carbonyl (C=O) groups excluding carboxylic acids is 1. The molecule has 1 fully saturated rings. The lowest BCUT2D eigenvalue weighted by molar-refractivity contribution is -0.132. The van der Waals surface area contributed by atoms with Gasteiger partial charge in [-0.15, -0.1) is 0 Å². The lowest BCUT2D eigenvalue weighted by Gasteiger charge is -2.35. The number of piperazine rings is 1. The van der Waals surface area contributed by atoms with E-state index >= 15 is 0 Å². The summed E-state index contributed by atoms with van der Waals surface area (Å²) in [7, 11) is 1.65. The first-order valence-corrected chi connectivity index (χ1v) is 7.72. The number of hydrogen-bond acceptors (Lipinski definition) is 3. The number of amides is 1. The van der Waals surface area contributed by atoms with Crippen LogP contribution in [-0.2, 0) is 11.2 Å². The van der Waals surface area contributed by atoms with E-state index in [1.54, 1.807) is 7.11 Å². The highest BCUT2D eigenvalue weighted by Crippen LogP contribution is 2.19. The molecule has 0 saturated carbocycles.